The van der Waals surface area contributed by atoms with Crippen molar-refractivity contribution in [2.45, 2.75) is 57.0 Å². The summed E-state index contributed by atoms with van der Waals surface area (Å²) in [5, 5.41) is 19.8. The molecule has 1 saturated heterocycles. The van der Waals surface area contributed by atoms with Crippen LogP contribution in [0.25, 0.3) is 0 Å². The number of nitriles is 1. The highest BCUT2D eigenvalue weighted by Crippen LogP contribution is 2.48. The van der Waals surface area contributed by atoms with Crippen LogP contribution in [0.4, 0.5) is 0 Å². The molecule has 0 bridgehead atoms. The number of carboxylic acid groups (broad SMARTS) is 1. The molecule has 1 aliphatic heterocycles. The molecule has 32 heavy (non-hydrogen) atoms. The Hall–Kier alpha value is -2.55. The summed E-state index contributed by atoms with van der Waals surface area (Å²) in [6, 6.07) is 16.6. The predicted octanol–water partition coefficient (Wildman–Crippen LogP) is 6.22. The maximum atomic E-state index is 13.6. The van der Waals surface area contributed by atoms with Crippen molar-refractivity contribution in [3.63, 3.8) is 0 Å². The van der Waals surface area contributed by atoms with E-state index in [2.05, 4.69) is 6.07 Å². The number of aliphatic carboxylic acids is 1. The van der Waals surface area contributed by atoms with Gasteiger partial charge in [0.2, 0.25) is 5.91 Å². The first kappa shape index (κ1) is 24.1. The monoisotopic (exact) mass is 472 g/mol. The van der Waals surface area contributed by atoms with Gasteiger partial charge >= 0.3 is 5.97 Å². The van der Waals surface area contributed by atoms with Crippen molar-refractivity contribution >= 4 is 35.1 Å². The Morgan fingerprint density at radius 2 is 1.91 bits per heavy atom. The highest BCUT2D eigenvalue weighted by molar-refractivity contribution is 6.30. The van der Waals surface area contributed by atoms with E-state index in [1.54, 1.807) is 18.2 Å². The number of piperidine rings is 1. The van der Waals surface area contributed by atoms with Crippen LogP contribution < -0.4 is 0 Å². The number of halogens is 2. The van der Waals surface area contributed by atoms with Crippen molar-refractivity contribution < 1.29 is 14.7 Å². The van der Waals surface area contributed by atoms with E-state index in [-0.39, 0.29) is 30.3 Å². The first-order valence-corrected chi connectivity index (χ1v) is 11.5. The number of nitrogens with zero attached hydrogens (tertiary/aromatic N) is 2. The van der Waals surface area contributed by atoms with Crippen molar-refractivity contribution in [1.82, 2.24) is 4.90 Å². The van der Waals surface area contributed by atoms with E-state index in [4.69, 9.17) is 28.5 Å². The van der Waals surface area contributed by atoms with Gasteiger partial charge in [-0.05, 0) is 54.7 Å². The van der Waals surface area contributed by atoms with Crippen LogP contribution >= 0.6 is 23.2 Å². The van der Waals surface area contributed by atoms with Gasteiger partial charge in [0.05, 0.1) is 18.5 Å². The largest absolute Gasteiger partial charge is 0.481 e. The summed E-state index contributed by atoms with van der Waals surface area (Å²) < 4.78 is 0. The first-order chi connectivity index (χ1) is 15.3. The SMILES string of the molecule is CCC(CCC#N)N1C(=O)C(CC(=O)O)CC(c2cccc(Cl)c2)C1c1ccc(Cl)cc1. The lowest BCUT2D eigenvalue weighted by Crippen LogP contribution is -2.52. The molecule has 2 aromatic rings. The van der Waals surface area contributed by atoms with Gasteiger partial charge in [-0.25, -0.2) is 0 Å². The van der Waals surface area contributed by atoms with Crippen molar-refractivity contribution in [3.05, 3.63) is 69.7 Å². The number of benzene rings is 2. The molecule has 2 aromatic carbocycles. The molecule has 0 radical (unpaired) electrons. The fraction of sp³-hybridized carbons (Fsp3) is 0.400. The van der Waals surface area contributed by atoms with E-state index in [9.17, 15) is 14.7 Å². The average Bonchev–Trinajstić information content (AvgIpc) is 2.76. The molecule has 0 spiro atoms. The maximum Gasteiger partial charge on any atom is 0.304 e. The quantitative estimate of drug-likeness (QED) is 0.493. The highest BCUT2D eigenvalue weighted by Gasteiger charge is 2.45. The third kappa shape index (κ3) is 5.43. The molecular weight excluding hydrogens is 447 g/mol. The average molecular weight is 473 g/mol. The van der Waals surface area contributed by atoms with Crippen LogP contribution in [0.3, 0.4) is 0 Å². The molecule has 1 aliphatic rings. The summed E-state index contributed by atoms with van der Waals surface area (Å²) >= 11 is 12.4. The van der Waals surface area contributed by atoms with Crippen LogP contribution in [0.1, 0.15) is 62.1 Å². The van der Waals surface area contributed by atoms with Gasteiger partial charge in [0.15, 0.2) is 0 Å². The van der Waals surface area contributed by atoms with Crippen LogP contribution in [0.2, 0.25) is 10.0 Å². The van der Waals surface area contributed by atoms with E-state index in [0.717, 1.165) is 11.1 Å². The number of carboxylic acids is 1. The zero-order valence-electron chi connectivity index (χ0n) is 17.9. The van der Waals surface area contributed by atoms with Crippen molar-refractivity contribution in [2.75, 3.05) is 0 Å². The number of likely N-dealkylation sites (tertiary alicyclic amines) is 1. The molecule has 1 N–H and O–H groups in total. The summed E-state index contributed by atoms with van der Waals surface area (Å²) in [7, 11) is 0. The Labute approximate surface area is 198 Å². The number of amides is 1. The van der Waals surface area contributed by atoms with Crippen molar-refractivity contribution in [3.8, 4) is 6.07 Å². The van der Waals surface area contributed by atoms with Gasteiger partial charge in [-0.3, -0.25) is 9.59 Å². The summed E-state index contributed by atoms with van der Waals surface area (Å²) in [5.41, 5.74) is 1.89. The molecule has 1 amide bonds. The third-order valence-electron chi connectivity index (χ3n) is 6.19. The summed E-state index contributed by atoms with van der Waals surface area (Å²) in [6.45, 7) is 1.99. The molecule has 4 atom stereocenters. The smallest absolute Gasteiger partial charge is 0.304 e. The van der Waals surface area contributed by atoms with Crippen molar-refractivity contribution in [2.24, 2.45) is 5.92 Å². The molecule has 168 valence electrons. The number of carbonyl (C=O) groups is 2. The van der Waals surface area contributed by atoms with Crippen LogP contribution in [0.5, 0.6) is 0 Å². The zero-order valence-corrected chi connectivity index (χ0v) is 19.4. The normalized spacial score (nSPS) is 21.8. The lowest BCUT2D eigenvalue weighted by Gasteiger charge is -2.48. The number of carbonyl (C=O) groups excluding carboxylic acids is 1. The summed E-state index contributed by atoms with van der Waals surface area (Å²) in [4.78, 5) is 27.1. The lowest BCUT2D eigenvalue weighted by molar-refractivity contribution is -0.152. The Kier molecular flexibility index (Phi) is 8.17. The van der Waals surface area contributed by atoms with Gasteiger partial charge in [-0.1, -0.05) is 54.4 Å². The van der Waals surface area contributed by atoms with Crippen LogP contribution in [-0.2, 0) is 9.59 Å². The molecular formula is C25H26Cl2N2O3. The van der Waals surface area contributed by atoms with Crippen LogP contribution in [0.15, 0.2) is 48.5 Å². The minimum Gasteiger partial charge on any atom is -0.481 e. The number of rotatable bonds is 8. The number of hydrogen-bond acceptors (Lipinski definition) is 3. The molecule has 4 unspecified atom stereocenters. The van der Waals surface area contributed by atoms with Gasteiger partial charge in [0, 0.05) is 34.3 Å². The fourth-order valence-electron chi connectivity index (χ4n) is 4.75. The molecule has 0 saturated carbocycles. The molecule has 5 nitrogen and oxygen atoms in total. The van der Waals surface area contributed by atoms with E-state index >= 15 is 0 Å². The van der Waals surface area contributed by atoms with Gasteiger partial charge < -0.3 is 10.0 Å². The standard InChI is InChI=1S/C25H26Cl2N2O3/c1-2-21(7-4-12-28)29-24(16-8-10-19(26)11-9-16)22(17-5-3-6-20(27)13-17)14-18(25(29)32)15-23(30)31/h3,5-6,8-11,13,18,21-22,24H,2,4,7,14-15H2,1H3,(H,30,31). The Morgan fingerprint density at radius 3 is 2.50 bits per heavy atom. The third-order valence-corrected chi connectivity index (χ3v) is 6.67. The number of hydrogen-bond donors (Lipinski definition) is 1. The molecule has 1 fully saturated rings. The first-order valence-electron chi connectivity index (χ1n) is 10.8. The molecule has 0 aromatic heterocycles. The van der Waals surface area contributed by atoms with Gasteiger partial charge in [-0.2, -0.15) is 5.26 Å². The highest BCUT2D eigenvalue weighted by atomic mass is 35.5. The second-order valence-electron chi connectivity index (χ2n) is 8.19. The summed E-state index contributed by atoms with van der Waals surface area (Å²) in [5.74, 6) is -1.96. The van der Waals surface area contributed by atoms with E-state index in [1.807, 2.05) is 42.2 Å². The second-order valence-corrected chi connectivity index (χ2v) is 9.07. The van der Waals surface area contributed by atoms with Gasteiger partial charge in [0.1, 0.15) is 0 Å². The zero-order chi connectivity index (χ0) is 23.3. The lowest BCUT2D eigenvalue weighted by atomic mass is 9.74. The Balaban J connectivity index is 2.16. The van der Waals surface area contributed by atoms with Crippen LogP contribution in [0, 0.1) is 17.2 Å². The molecule has 3 rings (SSSR count). The van der Waals surface area contributed by atoms with Gasteiger partial charge in [-0.15, -0.1) is 0 Å². The Morgan fingerprint density at radius 1 is 1.19 bits per heavy atom. The molecule has 0 aliphatic carbocycles. The molecule has 7 heteroatoms. The topological polar surface area (TPSA) is 81.4 Å². The van der Waals surface area contributed by atoms with Gasteiger partial charge in [0.25, 0.3) is 0 Å². The predicted molar refractivity (Wildman–Crippen MR) is 125 cm³/mol. The minimum atomic E-state index is -0.997. The summed E-state index contributed by atoms with van der Waals surface area (Å²) in [6.07, 6.45) is 1.70. The fourth-order valence-corrected chi connectivity index (χ4v) is 5.07. The Bertz CT molecular complexity index is 1000. The van der Waals surface area contributed by atoms with E-state index < -0.39 is 11.9 Å². The van der Waals surface area contributed by atoms with Crippen LogP contribution in [-0.4, -0.2) is 27.9 Å². The minimum absolute atomic E-state index is 0.145. The second kappa shape index (κ2) is 10.8. The maximum absolute atomic E-state index is 13.6. The van der Waals surface area contributed by atoms with E-state index in [1.165, 1.54) is 0 Å². The molecule has 1 heterocycles. The van der Waals surface area contributed by atoms with E-state index in [0.29, 0.717) is 35.7 Å². The van der Waals surface area contributed by atoms with Crippen molar-refractivity contribution in [1.29, 1.82) is 5.26 Å².